The zero-order valence-corrected chi connectivity index (χ0v) is 12.7. The Hall–Kier alpha value is -1.88. The number of nitrogens with zero attached hydrogens (tertiary/aromatic N) is 3. The third-order valence-electron chi connectivity index (χ3n) is 4.10. The standard InChI is InChI=1S/C16H22N4O/c1-3-14-16-19-18-15(20(16)11-10-17-14)9-6-12-4-7-13(21-2)8-5-12/h4-5,7-8,14,17H,3,6,9-11H2,1-2H3. The summed E-state index contributed by atoms with van der Waals surface area (Å²) in [6.45, 7) is 4.15. The largest absolute Gasteiger partial charge is 0.497 e. The highest BCUT2D eigenvalue weighted by molar-refractivity contribution is 5.27. The fourth-order valence-electron chi connectivity index (χ4n) is 2.85. The Bertz CT molecular complexity index is 591. The monoisotopic (exact) mass is 286 g/mol. The smallest absolute Gasteiger partial charge is 0.150 e. The summed E-state index contributed by atoms with van der Waals surface area (Å²) in [6.07, 6.45) is 2.96. The quantitative estimate of drug-likeness (QED) is 0.915. The molecule has 1 aliphatic heterocycles. The minimum atomic E-state index is 0.348. The number of fused-ring (bicyclic) bond motifs is 1. The van der Waals surface area contributed by atoms with Gasteiger partial charge in [0, 0.05) is 19.5 Å². The molecule has 5 heteroatoms. The molecule has 0 radical (unpaired) electrons. The maximum absolute atomic E-state index is 5.18. The van der Waals surface area contributed by atoms with E-state index >= 15 is 0 Å². The van der Waals surface area contributed by atoms with Gasteiger partial charge in [0.2, 0.25) is 0 Å². The lowest BCUT2D eigenvalue weighted by Gasteiger charge is -2.24. The average molecular weight is 286 g/mol. The lowest BCUT2D eigenvalue weighted by atomic mass is 10.1. The van der Waals surface area contributed by atoms with Crippen LogP contribution in [0.2, 0.25) is 0 Å². The van der Waals surface area contributed by atoms with Gasteiger partial charge in [0.1, 0.15) is 17.4 Å². The maximum Gasteiger partial charge on any atom is 0.150 e. The summed E-state index contributed by atoms with van der Waals surface area (Å²) in [6, 6.07) is 8.59. The van der Waals surface area contributed by atoms with Crippen molar-refractivity contribution in [2.45, 2.75) is 38.8 Å². The van der Waals surface area contributed by atoms with Crippen LogP contribution in [-0.4, -0.2) is 28.4 Å². The third-order valence-corrected chi connectivity index (χ3v) is 4.10. The number of nitrogens with one attached hydrogen (secondary N) is 1. The number of rotatable bonds is 5. The molecule has 1 aromatic heterocycles. The Morgan fingerprint density at radius 2 is 2.05 bits per heavy atom. The van der Waals surface area contributed by atoms with Gasteiger partial charge in [-0.2, -0.15) is 0 Å². The molecule has 1 aliphatic rings. The van der Waals surface area contributed by atoms with Crippen LogP contribution in [0.3, 0.4) is 0 Å². The van der Waals surface area contributed by atoms with Crippen LogP contribution in [0.4, 0.5) is 0 Å². The van der Waals surface area contributed by atoms with Crippen LogP contribution >= 0.6 is 0 Å². The summed E-state index contributed by atoms with van der Waals surface area (Å²) in [7, 11) is 1.69. The van der Waals surface area contributed by atoms with E-state index in [0.29, 0.717) is 6.04 Å². The van der Waals surface area contributed by atoms with Crippen molar-refractivity contribution in [3.8, 4) is 5.75 Å². The molecule has 2 heterocycles. The maximum atomic E-state index is 5.18. The minimum absolute atomic E-state index is 0.348. The van der Waals surface area contributed by atoms with Crippen molar-refractivity contribution in [3.63, 3.8) is 0 Å². The van der Waals surface area contributed by atoms with Gasteiger partial charge in [-0.1, -0.05) is 19.1 Å². The first-order chi connectivity index (χ1) is 10.3. The van der Waals surface area contributed by atoms with E-state index in [1.807, 2.05) is 12.1 Å². The van der Waals surface area contributed by atoms with Crippen LogP contribution in [0.5, 0.6) is 5.75 Å². The predicted octanol–water partition coefficient (Wildman–Crippen LogP) is 2.13. The average Bonchev–Trinajstić information content (AvgIpc) is 2.96. The molecule has 1 N–H and O–H groups in total. The summed E-state index contributed by atoms with van der Waals surface area (Å²) >= 11 is 0. The molecule has 0 saturated carbocycles. The van der Waals surface area contributed by atoms with E-state index in [0.717, 1.165) is 49.8 Å². The highest BCUT2D eigenvalue weighted by Gasteiger charge is 2.22. The number of hydrogen-bond donors (Lipinski definition) is 1. The number of aromatic nitrogens is 3. The molecule has 0 fully saturated rings. The van der Waals surface area contributed by atoms with Crippen molar-refractivity contribution in [1.29, 1.82) is 0 Å². The van der Waals surface area contributed by atoms with Crippen LogP contribution < -0.4 is 10.1 Å². The molecule has 0 aliphatic carbocycles. The van der Waals surface area contributed by atoms with Crippen LogP contribution in [0.15, 0.2) is 24.3 Å². The number of ether oxygens (including phenoxy) is 1. The zero-order valence-electron chi connectivity index (χ0n) is 12.7. The normalized spacial score (nSPS) is 17.5. The highest BCUT2D eigenvalue weighted by Crippen LogP contribution is 2.20. The van der Waals surface area contributed by atoms with Crippen molar-refractivity contribution in [3.05, 3.63) is 41.5 Å². The fraction of sp³-hybridized carbons (Fsp3) is 0.500. The van der Waals surface area contributed by atoms with Crippen LogP contribution in [-0.2, 0) is 19.4 Å². The molecule has 1 unspecified atom stereocenters. The van der Waals surface area contributed by atoms with Crippen molar-refractivity contribution in [2.75, 3.05) is 13.7 Å². The summed E-state index contributed by atoms with van der Waals surface area (Å²) in [5, 5.41) is 12.3. The summed E-state index contributed by atoms with van der Waals surface area (Å²) in [5.41, 5.74) is 1.30. The SMILES string of the molecule is CCC1NCCn2c(CCc3ccc(OC)cc3)nnc21. The van der Waals surface area contributed by atoms with Gasteiger partial charge in [-0.15, -0.1) is 10.2 Å². The molecule has 1 aromatic carbocycles. The molecule has 112 valence electrons. The first kappa shape index (κ1) is 14.1. The molecule has 3 rings (SSSR count). The second-order valence-electron chi connectivity index (χ2n) is 5.39. The minimum Gasteiger partial charge on any atom is -0.497 e. The molecule has 21 heavy (non-hydrogen) atoms. The van der Waals surface area contributed by atoms with Gasteiger partial charge in [0.25, 0.3) is 0 Å². The van der Waals surface area contributed by atoms with Crippen LogP contribution in [0.1, 0.15) is 36.6 Å². The molecule has 0 amide bonds. The van der Waals surface area contributed by atoms with Gasteiger partial charge < -0.3 is 14.6 Å². The van der Waals surface area contributed by atoms with Gasteiger partial charge in [-0.25, -0.2) is 0 Å². The van der Waals surface area contributed by atoms with Gasteiger partial charge in [-0.05, 0) is 30.5 Å². The Morgan fingerprint density at radius 1 is 1.24 bits per heavy atom. The van der Waals surface area contributed by atoms with Crippen molar-refractivity contribution >= 4 is 0 Å². The summed E-state index contributed by atoms with van der Waals surface area (Å²) in [5.74, 6) is 3.09. The van der Waals surface area contributed by atoms with Gasteiger partial charge in [0.05, 0.1) is 13.2 Å². The van der Waals surface area contributed by atoms with Gasteiger partial charge >= 0.3 is 0 Å². The Balaban J connectivity index is 1.69. The van der Waals surface area contributed by atoms with E-state index in [9.17, 15) is 0 Å². The molecule has 5 nitrogen and oxygen atoms in total. The van der Waals surface area contributed by atoms with Gasteiger partial charge in [-0.3, -0.25) is 0 Å². The van der Waals surface area contributed by atoms with E-state index in [2.05, 4.69) is 39.1 Å². The van der Waals surface area contributed by atoms with E-state index in [1.165, 1.54) is 5.56 Å². The molecule has 2 aromatic rings. The summed E-state index contributed by atoms with van der Waals surface area (Å²) in [4.78, 5) is 0. The molecule has 0 bridgehead atoms. The van der Waals surface area contributed by atoms with Crippen molar-refractivity contribution < 1.29 is 4.74 Å². The van der Waals surface area contributed by atoms with Crippen LogP contribution in [0.25, 0.3) is 0 Å². The van der Waals surface area contributed by atoms with E-state index in [1.54, 1.807) is 7.11 Å². The first-order valence-electron chi connectivity index (χ1n) is 7.60. The Labute approximate surface area is 125 Å². The Morgan fingerprint density at radius 3 is 2.76 bits per heavy atom. The van der Waals surface area contributed by atoms with E-state index in [-0.39, 0.29) is 0 Å². The second kappa shape index (κ2) is 6.26. The second-order valence-corrected chi connectivity index (χ2v) is 5.39. The number of aryl methyl sites for hydroxylation is 2. The fourth-order valence-corrected chi connectivity index (χ4v) is 2.85. The van der Waals surface area contributed by atoms with E-state index in [4.69, 9.17) is 4.74 Å². The number of hydrogen-bond acceptors (Lipinski definition) is 4. The highest BCUT2D eigenvalue weighted by atomic mass is 16.5. The lowest BCUT2D eigenvalue weighted by Crippen LogP contribution is -2.34. The lowest BCUT2D eigenvalue weighted by molar-refractivity contribution is 0.400. The summed E-state index contributed by atoms with van der Waals surface area (Å²) < 4.78 is 7.47. The molecule has 0 spiro atoms. The zero-order chi connectivity index (χ0) is 14.7. The molecular formula is C16H22N4O. The molecular weight excluding hydrogens is 264 g/mol. The number of methoxy groups -OCH3 is 1. The molecule has 0 saturated heterocycles. The first-order valence-corrected chi connectivity index (χ1v) is 7.60. The predicted molar refractivity (Wildman–Crippen MR) is 81.5 cm³/mol. The van der Waals surface area contributed by atoms with Crippen molar-refractivity contribution in [2.24, 2.45) is 0 Å². The van der Waals surface area contributed by atoms with Crippen LogP contribution in [0, 0.1) is 0 Å². The van der Waals surface area contributed by atoms with Gasteiger partial charge in [0.15, 0.2) is 0 Å². The Kier molecular flexibility index (Phi) is 4.20. The number of benzene rings is 1. The molecule has 1 atom stereocenters. The van der Waals surface area contributed by atoms with E-state index < -0.39 is 0 Å². The van der Waals surface area contributed by atoms with Crippen molar-refractivity contribution in [1.82, 2.24) is 20.1 Å². The topological polar surface area (TPSA) is 52.0 Å². The third kappa shape index (κ3) is 2.93.